The molecule has 0 aromatic carbocycles. The molecule has 0 aliphatic rings. The van der Waals surface area contributed by atoms with E-state index in [0.29, 0.717) is 12.8 Å². The average Bonchev–Trinajstić information content (AvgIpc) is 3.27. The average molecular weight is 961 g/mol. The Kier molecular flexibility index (Phi) is 43.9. The van der Waals surface area contributed by atoms with Crippen molar-refractivity contribution in [2.75, 3.05) is 39.6 Å². The van der Waals surface area contributed by atoms with E-state index >= 15 is 0 Å². The van der Waals surface area contributed by atoms with Crippen LogP contribution < -0.4 is 0 Å². The molecule has 0 radical (unpaired) electrons. The molecule has 0 fully saturated rings. The maximum absolute atomic E-state index is 12.2. The molecule has 0 saturated heterocycles. The van der Waals surface area contributed by atoms with Gasteiger partial charge in [-0.3, -0.25) is 27.7 Å². The molecule has 0 heterocycles. The zero-order valence-electron chi connectivity index (χ0n) is 40.2. The molecular formula is C47H94O15P2. The van der Waals surface area contributed by atoms with E-state index in [1.807, 2.05) is 0 Å². The lowest BCUT2D eigenvalue weighted by molar-refractivity contribution is -0.148. The maximum Gasteiger partial charge on any atom is 0.472 e. The minimum Gasteiger partial charge on any atom is -0.463 e. The van der Waals surface area contributed by atoms with Gasteiger partial charge in [0.15, 0.2) is 0 Å². The van der Waals surface area contributed by atoms with Gasteiger partial charge in [-0.2, -0.15) is 0 Å². The SMILES string of the molecule is CCCCCCCCCCCCCCCCCCCCCC(=O)OCC(O)COP(=O)(O)OCC(O)COP(=O)(O)OCC(O)COC(=O)CCCCCCCCCCCCCCC. The van der Waals surface area contributed by atoms with Crippen LogP contribution in [-0.4, -0.2) is 95.0 Å². The van der Waals surface area contributed by atoms with E-state index in [0.717, 1.165) is 38.5 Å². The number of aliphatic hydroxyl groups excluding tert-OH is 3. The third-order valence-electron chi connectivity index (χ3n) is 11.1. The molecular weight excluding hydrogens is 866 g/mol. The summed E-state index contributed by atoms with van der Waals surface area (Å²) in [6.45, 7) is 0.475. The Morgan fingerprint density at radius 3 is 0.750 bits per heavy atom. The van der Waals surface area contributed by atoms with Gasteiger partial charge in [0, 0.05) is 12.8 Å². The summed E-state index contributed by atoms with van der Waals surface area (Å²) in [4.78, 5) is 43.8. The molecule has 17 heteroatoms. The van der Waals surface area contributed by atoms with E-state index < -0.39 is 85.5 Å². The highest BCUT2D eigenvalue weighted by molar-refractivity contribution is 7.47. The summed E-state index contributed by atoms with van der Waals surface area (Å²) in [6, 6.07) is 0. The highest BCUT2D eigenvalue weighted by atomic mass is 31.2. The van der Waals surface area contributed by atoms with Gasteiger partial charge in [-0.05, 0) is 12.8 Å². The van der Waals surface area contributed by atoms with Crippen molar-refractivity contribution in [3.8, 4) is 0 Å². The van der Waals surface area contributed by atoms with Gasteiger partial charge >= 0.3 is 27.6 Å². The Morgan fingerprint density at radius 2 is 0.531 bits per heavy atom. The van der Waals surface area contributed by atoms with Crippen molar-refractivity contribution in [3.05, 3.63) is 0 Å². The second kappa shape index (κ2) is 44.5. The minimum atomic E-state index is -4.78. The number of phosphoric ester groups is 2. The molecule has 5 atom stereocenters. The molecule has 0 aromatic rings. The normalized spacial score (nSPS) is 15.0. The summed E-state index contributed by atoms with van der Waals surface area (Å²) < 4.78 is 53.0. The van der Waals surface area contributed by atoms with Crippen LogP contribution in [0.3, 0.4) is 0 Å². The summed E-state index contributed by atoms with van der Waals surface area (Å²) in [5.74, 6) is -0.982. The van der Waals surface area contributed by atoms with Gasteiger partial charge in [0.1, 0.15) is 31.5 Å². The van der Waals surface area contributed by atoms with Crippen molar-refractivity contribution in [1.29, 1.82) is 0 Å². The number of phosphoric acid groups is 2. The number of ether oxygens (including phenoxy) is 2. The quantitative estimate of drug-likeness (QED) is 0.0217. The van der Waals surface area contributed by atoms with Crippen molar-refractivity contribution < 1.29 is 71.4 Å². The number of carbonyl (C=O) groups is 2. The monoisotopic (exact) mass is 961 g/mol. The molecule has 382 valence electrons. The van der Waals surface area contributed by atoms with Gasteiger partial charge in [0.2, 0.25) is 0 Å². The molecule has 0 amide bonds. The first-order valence-electron chi connectivity index (χ1n) is 25.4. The Balaban J connectivity index is 3.82. The third kappa shape index (κ3) is 46.2. The first kappa shape index (κ1) is 63.0. The van der Waals surface area contributed by atoms with Crippen molar-refractivity contribution >= 4 is 27.6 Å². The number of esters is 2. The largest absolute Gasteiger partial charge is 0.472 e. The van der Waals surface area contributed by atoms with Crippen molar-refractivity contribution in [3.63, 3.8) is 0 Å². The predicted octanol–water partition coefficient (Wildman–Crippen LogP) is 11.7. The lowest BCUT2D eigenvalue weighted by atomic mass is 10.0. The molecule has 0 bridgehead atoms. The summed E-state index contributed by atoms with van der Waals surface area (Å²) >= 11 is 0. The van der Waals surface area contributed by atoms with E-state index in [4.69, 9.17) is 14.0 Å². The number of hydrogen-bond donors (Lipinski definition) is 5. The predicted molar refractivity (Wildman–Crippen MR) is 252 cm³/mol. The molecule has 5 N–H and O–H groups in total. The Labute approximate surface area is 388 Å². The van der Waals surface area contributed by atoms with Crippen LogP contribution in [0.5, 0.6) is 0 Å². The summed E-state index contributed by atoms with van der Waals surface area (Å²) in [5, 5.41) is 30.0. The van der Waals surface area contributed by atoms with Crippen molar-refractivity contribution in [2.24, 2.45) is 0 Å². The molecule has 64 heavy (non-hydrogen) atoms. The van der Waals surface area contributed by atoms with Crippen LogP contribution in [-0.2, 0) is 46.3 Å². The van der Waals surface area contributed by atoms with Crippen LogP contribution >= 0.6 is 15.6 Å². The summed E-state index contributed by atoms with van der Waals surface area (Å²) in [6.07, 6.45) is 35.2. The standard InChI is InChI=1S/C47H94O15P2/c1-3-5-7-9-11-13-15-17-18-19-20-21-22-24-26-28-30-32-34-36-47(52)58-38-44(49)40-60-64(55,56)62-42-45(50)41-61-63(53,54)59-39-43(48)37-57-46(51)35-33-31-29-27-25-23-16-14-12-10-8-6-4-2/h43-45,48-50H,3-42H2,1-2H3,(H,53,54)(H,55,56). The van der Waals surface area contributed by atoms with Crippen LogP contribution in [0.1, 0.15) is 232 Å². The molecule has 0 aromatic heterocycles. The second-order valence-electron chi connectivity index (χ2n) is 17.6. The number of unbranched alkanes of at least 4 members (excludes halogenated alkanes) is 30. The fraction of sp³-hybridized carbons (Fsp3) is 0.957. The highest BCUT2D eigenvalue weighted by Crippen LogP contribution is 2.45. The molecule has 0 spiro atoms. The summed E-state index contributed by atoms with van der Waals surface area (Å²) in [5.41, 5.74) is 0. The van der Waals surface area contributed by atoms with Gasteiger partial charge in [0.05, 0.1) is 26.4 Å². The van der Waals surface area contributed by atoms with Gasteiger partial charge < -0.3 is 34.6 Å². The lowest BCUT2D eigenvalue weighted by Gasteiger charge is -2.19. The third-order valence-corrected chi connectivity index (χ3v) is 13.0. The van der Waals surface area contributed by atoms with Crippen LogP contribution in [0.25, 0.3) is 0 Å². The van der Waals surface area contributed by atoms with Gasteiger partial charge in [-0.25, -0.2) is 9.13 Å². The number of rotatable bonds is 50. The van der Waals surface area contributed by atoms with Gasteiger partial charge in [0.25, 0.3) is 0 Å². The molecule has 0 saturated carbocycles. The number of carbonyl (C=O) groups excluding carboxylic acids is 2. The van der Waals surface area contributed by atoms with E-state index in [1.165, 1.54) is 154 Å². The van der Waals surface area contributed by atoms with E-state index in [-0.39, 0.29) is 12.8 Å². The van der Waals surface area contributed by atoms with Gasteiger partial charge in [-0.15, -0.1) is 0 Å². The van der Waals surface area contributed by atoms with E-state index in [2.05, 4.69) is 27.4 Å². The topological polar surface area (TPSA) is 225 Å². The Hall–Kier alpha value is -0.960. The second-order valence-corrected chi connectivity index (χ2v) is 20.5. The Morgan fingerprint density at radius 1 is 0.344 bits per heavy atom. The van der Waals surface area contributed by atoms with Crippen LogP contribution in [0.4, 0.5) is 0 Å². The molecule has 0 aliphatic heterocycles. The molecule has 5 unspecified atom stereocenters. The molecule has 15 nitrogen and oxygen atoms in total. The first-order valence-corrected chi connectivity index (χ1v) is 28.4. The van der Waals surface area contributed by atoms with Crippen molar-refractivity contribution in [2.45, 2.75) is 250 Å². The van der Waals surface area contributed by atoms with Crippen molar-refractivity contribution in [1.82, 2.24) is 0 Å². The zero-order chi connectivity index (χ0) is 47.4. The van der Waals surface area contributed by atoms with Crippen LogP contribution in [0.2, 0.25) is 0 Å². The highest BCUT2D eigenvalue weighted by Gasteiger charge is 2.28. The fourth-order valence-corrected chi connectivity index (χ4v) is 8.69. The van der Waals surface area contributed by atoms with E-state index in [9.17, 15) is 43.8 Å². The maximum atomic E-state index is 12.2. The van der Waals surface area contributed by atoms with Crippen LogP contribution in [0, 0.1) is 0 Å². The first-order chi connectivity index (χ1) is 30.8. The smallest absolute Gasteiger partial charge is 0.463 e. The van der Waals surface area contributed by atoms with E-state index in [1.54, 1.807) is 0 Å². The zero-order valence-corrected chi connectivity index (χ0v) is 42.0. The Bertz CT molecular complexity index is 1160. The lowest BCUT2D eigenvalue weighted by Crippen LogP contribution is -2.25. The molecule has 0 rings (SSSR count). The van der Waals surface area contributed by atoms with Crippen LogP contribution in [0.15, 0.2) is 0 Å². The fourth-order valence-electron chi connectivity index (χ4n) is 7.10. The van der Waals surface area contributed by atoms with Gasteiger partial charge in [-0.1, -0.05) is 206 Å². The summed E-state index contributed by atoms with van der Waals surface area (Å²) in [7, 11) is -9.56. The number of hydrogen-bond acceptors (Lipinski definition) is 13. The minimum absolute atomic E-state index is 0.203. The molecule has 0 aliphatic carbocycles. The number of aliphatic hydroxyl groups is 3.